The molecule has 0 saturated heterocycles. The topological polar surface area (TPSA) is 78.1 Å². The summed E-state index contributed by atoms with van der Waals surface area (Å²) in [6.07, 6.45) is 3.40. The molecule has 6 nitrogen and oxygen atoms in total. The van der Waals surface area contributed by atoms with Gasteiger partial charge in [0.25, 0.3) is 0 Å². The van der Waals surface area contributed by atoms with Gasteiger partial charge in [-0.2, -0.15) is 5.10 Å². The van der Waals surface area contributed by atoms with Crippen LogP contribution in [0.4, 0.5) is 5.69 Å². The third-order valence-corrected chi connectivity index (χ3v) is 4.61. The molecule has 0 bridgehead atoms. The Hall–Kier alpha value is -1.86. The summed E-state index contributed by atoms with van der Waals surface area (Å²) in [5.41, 5.74) is 1.15. The van der Waals surface area contributed by atoms with Crippen LogP contribution in [0.5, 0.6) is 0 Å². The van der Waals surface area contributed by atoms with Crippen LogP contribution in [0, 0.1) is 0 Å². The number of hydrogen-bond donors (Lipinski definition) is 2. The van der Waals surface area contributed by atoms with E-state index in [4.69, 9.17) is 0 Å². The summed E-state index contributed by atoms with van der Waals surface area (Å²) in [5.74, 6) is 0. The summed E-state index contributed by atoms with van der Waals surface area (Å²) >= 11 is 0. The molecule has 1 aromatic heterocycles. The average molecular weight is 308 g/mol. The first-order chi connectivity index (χ1) is 10.1. The van der Waals surface area contributed by atoms with E-state index in [2.05, 4.69) is 38.9 Å². The smallest absolute Gasteiger partial charge is 0.243 e. The molecule has 1 heterocycles. The van der Waals surface area contributed by atoms with Crippen molar-refractivity contribution in [3.8, 4) is 0 Å². The molecule has 0 aliphatic carbocycles. The van der Waals surface area contributed by atoms with E-state index in [-0.39, 0.29) is 4.90 Å². The first kappa shape index (κ1) is 15.5. The van der Waals surface area contributed by atoms with E-state index < -0.39 is 10.0 Å². The van der Waals surface area contributed by atoms with Crippen molar-refractivity contribution in [2.45, 2.75) is 18.2 Å². The Kier molecular flexibility index (Phi) is 5.35. The molecule has 21 heavy (non-hydrogen) atoms. The van der Waals surface area contributed by atoms with Crippen LogP contribution in [0.1, 0.15) is 13.3 Å². The first-order valence-electron chi connectivity index (χ1n) is 6.92. The van der Waals surface area contributed by atoms with E-state index in [1.54, 1.807) is 0 Å². The highest BCUT2D eigenvalue weighted by Crippen LogP contribution is 2.13. The Bertz CT molecular complexity index is 626. The second-order valence-corrected chi connectivity index (χ2v) is 6.37. The summed E-state index contributed by atoms with van der Waals surface area (Å²) in [6.45, 7) is 4.17. The molecular weight excluding hydrogens is 288 g/mol. The van der Waals surface area contributed by atoms with Gasteiger partial charge >= 0.3 is 0 Å². The largest absolute Gasteiger partial charge is 0.372 e. The highest BCUT2D eigenvalue weighted by atomic mass is 32.2. The number of para-hydroxylation sites is 1. The average Bonchev–Trinajstić information content (AvgIpc) is 3.03. The minimum atomic E-state index is -3.45. The van der Waals surface area contributed by atoms with Crippen LogP contribution in [-0.2, 0) is 10.0 Å². The standard InChI is InChI=1S/C14H20N4O2S/c1-2-18(13-7-4-3-5-8-13)10-6-9-17-21(19,20)14-11-15-16-12-14/h3-5,7-8,11-12,17H,2,6,9-10H2,1H3,(H,15,16). The van der Waals surface area contributed by atoms with Crippen LogP contribution in [0.2, 0.25) is 0 Å². The Balaban J connectivity index is 1.82. The molecule has 0 aliphatic heterocycles. The van der Waals surface area contributed by atoms with Gasteiger partial charge in [-0.1, -0.05) is 18.2 Å². The summed E-state index contributed by atoms with van der Waals surface area (Å²) in [6, 6.07) is 10.1. The van der Waals surface area contributed by atoms with Crippen LogP contribution in [0.3, 0.4) is 0 Å². The molecule has 2 N–H and O–H groups in total. The van der Waals surface area contributed by atoms with Gasteiger partial charge in [0.05, 0.1) is 6.20 Å². The van der Waals surface area contributed by atoms with Crippen molar-refractivity contribution in [3.05, 3.63) is 42.7 Å². The molecular formula is C14H20N4O2S. The third kappa shape index (κ3) is 4.30. The van der Waals surface area contributed by atoms with Gasteiger partial charge in [0.15, 0.2) is 0 Å². The van der Waals surface area contributed by atoms with Gasteiger partial charge in [0, 0.05) is 31.5 Å². The first-order valence-corrected chi connectivity index (χ1v) is 8.40. The number of anilines is 1. The maximum absolute atomic E-state index is 11.9. The molecule has 0 atom stereocenters. The van der Waals surface area contributed by atoms with E-state index in [9.17, 15) is 8.42 Å². The second-order valence-electron chi connectivity index (χ2n) is 4.60. The molecule has 114 valence electrons. The lowest BCUT2D eigenvalue weighted by atomic mass is 10.2. The maximum Gasteiger partial charge on any atom is 0.243 e. The molecule has 1 aromatic carbocycles. The zero-order valence-corrected chi connectivity index (χ0v) is 12.8. The fourth-order valence-corrected chi connectivity index (χ4v) is 3.03. The molecule has 0 unspecified atom stereocenters. The molecule has 2 rings (SSSR count). The monoisotopic (exact) mass is 308 g/mol. The minimum Gasteiger partial charge on any atom is -0.372 e. The summed E-state index contributed by atoms with van der Waals surface area (Å²) in [4.78, 5) is 2.38. The molecule has 0 saturated carbocycles. The van der Waals surface area contributed by atoms with Crippen molar-refractivity contribution in [2.75, 3.05) is 24.5 Å². The van der Waals surface area contributed by atoms with Gasteiger partial charge in [-0.25, -0.2) is 13.1 Å². The number of sulfonamides is 1. The highest BCUT2D eigenvalue weighted by molar-refractivity contribution is 7.89. The van der Waals surface area contributed by atoms with Crippen molar-refractivity contribution >= 4 is 15.7 Å². The van der Waals surface area contributed by atoms with Crippen LogP contribution < -0.4 is 9.62 Å². The van der Waals surface area contributed by atoms with Crippen molar-refractivity contribution in [2.24, 2.45) is 0 Å². The quantitative estimate of drug-likeness (QED) is 0.726. The van der Waals surface area contributed by atoms with Gasteiger partial charge in [-0.3, -0.25) is 5.10 Å². The normalized spacial score (nSPS) is 11.5. The van der Waals surface area contributed by atoms with Gasteiger partial charge in [0.2, 0.25) is 10.0 Å². The fraction of sp³-hybridized carbons (Fsp3) is 0.357. The lowest BCUT2D eigenvalue weighted by molar-refractivity contribution is 0.578. The molecule has 2 aromatic rings. The van der Waals surface area contributed by atoms with Gasteiger partial charge < -0.3 is 4.90 Å². The zero-order valence-electron chi connectivity index (χ0n) is 12.0. The van der Waals surface area contributed by atoms with Crippen molar-refractivity contribution in [1.29, 1.82) is 0 Å². The fourth-order valence-electron chi connectivity index (χ4n) is 2.05. The lowest BCUT2D eigenvalue weighted by Gasteiger charge is -2.23. The lowest BCUT2D eigenvalue weighted by Crippen LogP contribution is -2.29. The van der Waals surface area contributed by atoms with Crippen molar-refractivity contribution < 1.29 is 8.42 Å². The highest BCUT2D eigenvalue weighted by Gasteiger charge is 2.14. The number of benzene rings is 1. The Morgan fingerprint density at radius 1 is 1.29 bits per heavy atom. The Morgan fingerprint density at radius 2 is 2.05 bits per heavy atom. The van der Waals surface area contributed by atoms with Crippen LogP contribution in [0.25, 0.3) is 0 Å². The summed E-state index contributed by atoms with van der Waals surface area (Å²) in [5, 5.41) is 6.14. The van der Waals surface area contributed by atoms with Gasteiger partial charge in [-0.05, 0) is 25.5 Å². The predicted octanol–water partition coefficient (Wildman–Crippen LogP) is 1.60. The van der Waals surface area contributed by atoms with Crippen molar-refractivity contribution in [1.82, 2.24) is 14.9 Å². The second kappa shape index (κ2) is 7.24. The molecule has 7 heteroatoms. The molecule has 0 radical (unpaired) electrons. The van der Waals surface area contributed by atoms with Crippen molar-refractivity contribution in [3.63, 3.8) is 0 Å². The number of nitrogens with one attached hydrogen (secondary N) is 2. The number of hydrogen-bond acceptors (Lipinski definition) is 4. The van der Waals surface area contributed by atoms with Crippen LogP contribution in [0.15, 0.2) is 47.6 Å². The van der Waals surface area contributed by atoms with Gasteiger partial charge in [0.1, 0.15) is 4.90 Å². The van der Waals surface area contributed by atoms with Gasteiger partial charge in [-0.15, -0.1) is 0 Å². The molecule has 0 aliphatic rings. The number of aromatic nitrogens is 2. The SMILES string of the molecule is CCN(CCCNS(=O)(=O)c1cn[nH]c1)c1ccccc1. The minimum absolute atomic E-state index is 0.165. The van der Waals surface area contributed by atoms with Crippen LogP contribution in [-0.4, -0.2) is 38.2 Å². The molecule has 0 fully saturated rings. The maximum atomic E-state index is 11.9. The molecule has 0 amide bonds. The summed E-state index contributed by atoms with van der Waals surface area (Å²) in [7, 11) is -3.45. The number of H-pyrrole nitrogens is 1. The van der Waals surface area contributed by atoms with E-state index in [1.807, 2.05) is 18.2 Å². The van der Waals surface area contributed by atoms with E-state index in [0.717, 1.165) is 25.2 Å². The number of rotatable bonds is 8. The number of aromatic amines is 1. The number of nitrogens with zero attached hydrogens (tertiary/aromatic N) is 2. The predicted molar refractivity (Wildman–Crippen MR) is 82.7 cm³/mol. The zero-order chi connectivity index (χ0) is 15.1. The third-order valence-electron chi connectivity index (χ3n) is 3.18. The Morgan fingerprint density at radius 3 is 2.67 bits per heavy atom. The van der Waals surface area contributed by atoms with E-state index in [1.165, 1.54) is 12.4 Å². The van der Waals surface area contributed by atoms with Crippen LogP contribution >= 0.6 is 0 Å². The summed E-state index contributed by atoms with van der Waals surface area (Å²) < 4.78 is 26.4. The van der Waals surface area contributed by atoms with E-state index >= 15 is 0 Å². The Labute approximate surface area is 125 Å². The molecule has 0 spiro atoms. The van der Waals surface area contributed by atoms with E-state index in [0.29, 0.717) is 6.54 Å².